The maximum Gasteiger partial charge on any atom is 0.322 e. The summed E-state index contributed by atoms with van der Waals surface area (Å²) in [6.45, 7) is 3.30. The van der Waals surface area contributed by atoms with E-state index in [2.05, 4.69) is 15.3 Å². The zero-order valence-corrected chi connectivity index (χ0v) is 15.0. The lowest BCUT2D eigenvalue weighted by Crippen LogP contribution is -2.36. The van der Waals surface area contributed by atoms with Crippen molar-refractivity contribution >= 4 is 11.7 Å². The Morgan fingerprint density at radius 1 is 1.38 bits per heavy atom. The number of benzene rings is 1. The molecular formula is C19H22N4O3. The highest BCUT2D eigenvalue weighted by Gasteiger charge is 2.29. The number of methoxy groups -OCH3 is 1. The van der Waals surface area contributed by atoms with E-state index in [0.29, 0.717) is 31.3 Å². The van der Waals surface area contributed by atoms with Gasteiger partial charge < -0.3 is 19.7 Å². The number of aromatic nitrogens is 2. The number of aryl methyl sites for hydroxylation is 1. The van der Waals surface area contributed by atoms with Crippen molar-refractivity contribution in [2.24, 2.45) is 0 Å². The first-order valence-corrected chi connectivity index (χ1v) is 8.83. The summed E-state index contributed by atoms with van der Waals surface area (Å²) in [5.74, 6) is 2.67. The highest BCUT2D eigenvalue weighted by Crippen LogP contribution is 2.42. The van der Waals surface area contributed by atoms with E-state index in [9.17, 15) is 4.79 Å². The van der Waals surface area contributed by atoms with Crippen LogP contribution >= 0.6 is 0 Å². The van der Waals surface area contributed by atoms with Crippen LogP contribution in [0.5, 0.6) is 11.5 Å². The van der Waals surface area contributed by atoms with E-state index < -0.39 is 0 Å². The predicted octanol–water partition coefficient (Wildman–Crippen LogP) is 3.10. The number of anilines is 1. The molecule has 2 amide bonds. The molecule has 26 heavy (non-hydrogen) atoms. The van der Waals surface area contributed by atoms with Crippen molar-refractivity contribution in [3.05, 3.63) is 41.5 Å². The normalized spacial score (nSPS) is 16.3. The first-order chi connectivity index (χ1) is 12.6. The Morgan fingerprint density at radius 2 is 2.23 bits per heavy atom. The molecule has 2 heterocycles. The molecule has 1 saturated carbocycles. The Bertz CT molecular complexity index is 836. The van der Waals surface area contributed by atoms with Gasteiger partial charge in [0.1, 0.15) is 23.9 Å². The van der Waals surface area contributed by atoms with Crippen molar-refractivity contribution in [3.8, 4) is 11.5 Å². The SMILES string of the molecule is COc1ccc2c(c1)OCCN(C(=O)Nc1cnc(C)nc1C1CC1)C2. The summed E-state index contributed by atoms with van der Waals surface area (Å²) in [5, 5.41) is 2.99. The third-order valence-corrected chi connectivity index (χ3v) is 4.69. The molecule has 1 aromatic heterocycles. The zero-order chi connectivity index (χ0) is 18.1. The van der Waals surface area contributed by atoms with Crippen molar-refractivity contribution in [1.29, 1.82) is 0 Å². The van der Waals surface area contributed by atoms with E-state index in [-0.39, 0.29) is 6.03 Å². The first-order valence-electron chi connectivity index (χ1n) is 8.83. The molecule has 7 nitrogen and oxygen atoms in total. The molecule has 136 valence electrons. The van der Waals surface area contributed by atoms with Crippen LogP contribution in [-0.2, 0) is 6.54 Å². The van der Waals surface area contributed by atoms with Gasteiger partial charge in [0, 0.05) is 17.5 Å². The lowest BCUT2D eigenvalue weighted by molar-refractivity contribution is 0.200. The fourth-order valence-corrected chi connectivity index (χ4v) is 3.10. The van der Waals surface area contributed by atoms with Crippen molar-refractivity contribution in [2.45, 2.75) is 32.2 Å². The fourth-order valence-electron chi connectivity index (χ4n) is 3.10. The van der Waals surface area contributed by atoms with Gasteiger partial charge in [-0.15, -0.1) is 0 Å². The number of nitrogens with one attached hydrogen (secondary N) is 1. The zero-order valence-electron chi connectivity index (χ0n) is 15.0. The molecule has 1 aliphatic carbocycles. The second kappa shape index (κ2) is 6.82. The van der Waals surface area contributed by atoms with Gasteiger partial charge in [-0.3, -0.25) is 0 Å². The van der Waals surface area contributed by atoms with Gasteiger partial charge in [0.15, 0.2) is 0 Å². The van der Waals surface area contributed by atoms with Crippen LogP contribution in [0.4, 0.5) is 10.5 Å². The second-order valence-electron chi connectivity index (χ2n) is 6.66. The number of hydrogen-bond acceptors (Lipinski definition) is 5. The minimum absolute atomic E-state index is 0.161. The summed E-state index contributed by atoms with van der Waals surface area (Å²) in [5.41, 5.74) is 2.62. The number of hydrogen-bond donors (Lipinski definition) is 1. The van der Waals surface area contributed by atoms with Crippen LogP contribution in [0.25, 0.3) is 0 Å². The van der Waals surface area contributed by atoms with Crippen LogP contribution in [0.15, 0.2) is 24.4 Å². The Morgan fingerprint density at radius 3 is 3.00 bits per heavy atom. The molecule has 0 bridgehead atoms. The summed E-state index contributed by atoms with van der Waals surface area (Å²) >= 11 is 0. The van der Waals surface area contributed by atoms with Crippen molar-refractivity contribution < 1.29 is 14.3 Å². The average molecular weight is 354 g/mol. The number of rotatable bonds is 3. The molecule has 0 saturated heterocycles. The summed E-state index contributed by atoms with van der Waals surface area (Å²) in [4.78, 5) is 23.3. The summed E-state index contributed by atoms with van der Waals surface area (Å²) < 4.78 is 11.0. The molecule has 0 spiro atoms. The molecule has 0 atom stereocenters. The van der Waals surface area contributed by atoms with Gasteiger partial charge in [0.25, 0.3) is 0 Å². The van der Waals surface area contributed by atoms with E-state index in [1.54, 1.807) is 18.2 Å². The van der Waals surface area contributed by atoms with Gasteiger partial charge in [0.2, 0.25) is 0 Å². The van der Waals surface area contributed by atoms with Gasteiger partial charge >= 0.3 is 6.03 Å². The molecule has 4 rings (SSSR count). The van der Waals surface area contributed by atoms with E-state index >= 15 is 0 Å². The molecule has 2 aliphatic rings. The topological polar surface area (TPSA) is 76.6 Å². The van der Waals surface area contributed by atoms with Crippen LogP contribution in [0.2, 0.25) is 0 Å². The molecule has 1 fully saturated rings. The molecule has 1 aliphatic heterocycles. The predicted molar refractivity (Wildman–Crippen MR) is 96.7 cm³/mol. The third-order valence-electron chi connectivity index (χ3n) is 4.69. The fraction of sp³-hybridized carbons (Fsp3) is 0.421. The van der Waals surface area contributed by atoms with Gasteiger partial charge in [-0.25, -0.2) is 14.8 Å². The standard InChI is InChI=1S/C19H22N4O3/c1-12-20-10-16(18(21-12)13-3-4-13)22-19(24)23-7-8-26-17-9-15(25-2)6-5-14(17)11-23/h5-6,9-10,13H,3-4,7-8,11H2,1-2H3,(H,22,24). The summed E-state index contributed by atoms with van der Waals surface area (Å²) in [6.07, 6.45) is 3.94. The average Bonchev–Trinajstić information content (AvgIpc) is 3.48. The summed E-state index contributed by atoms with van der Waals surface area (Å²) in [7, 11) is 1.62. The van der Waals surface area contributed by atoms with Gasteiger partial charge in [0.05, 0.1) is 37.8 Å². The van der Waals surface area contributed by atoms with Crippen LogP contribution in [0.1, 0.15) is 35.8 Å². The Labute approximate surface area is 152 Å². The van der Waals surface area contributed by atoms with Crippen molar-refractivity contribution in [1.82, 2.24) is 14.9 Å². The number of amides is 2. The Hall–Kier alpha value is -2.83. The van der Waals surface area contributed by atoms with Crippen LogP contribution in [0.3, 0.4) is 0 Å². The molecular weight excluding hydrogens is 332 g/mol. The van der Waals surface area contributed by atoms with Crippen molar-refractivity contribution in [3.63, 3.8) is 0 Å². The molecule has 1 aromatic carbocycles. The van der Waals surface area contributed by atoms with E-state index in [0.717, 1.165) is 41.4 Å². The van der Waals surface area contributed by atoms with Gasteiger partial charge in [-0.2, -0.15) is 0 Å². The Kier molecular flexibility index (Phi) is 4.36. The van der Waals surface area contributed by atoms with E-state index in [1.165, 1.54) is 0 Å². The number of urea groups is 1. The highest BCUT2D eigenvalue weighted by molar-refractivity contribution is 5.90. The number of fused-ring (bicyclic) bond motifs is 1. The van der Waals surface area contributed by atoms with Crippen LogP contribution in [0, 0.1) is 6.92 Å². The Balaban J connectivity index is 1.51. The first kappa shape index (κ1) is 16.6. The number of carbonyl (C=O) groups is 1. The number of ether oxygens (including phenoxy) is 2. The molecule has 1 N–H and O–H groups in total. The minimum atomic E-state index is -0.161. The van der Waals surface area contributed by atoms with Crippen molar-refractivity contribution in [2.75, 3.05) is 25.6 Å². The quantitative estimate of drug-likeness (QED) is 0.916. The smallest absolute Gasteiger partial charge is 0.322 e. The monoisotopic (exact) mass is 354 g/mol. The lowest BCUT2D eigenvalue weighted by atomic mass is 10.2. The summed E-state index contributed by atoms with van der Waals surface area (Å²) in [6, 6.07) is 5.51. The third kappa shape index (κ3) is 3.42. The van der Waals surface area contributed by atoms with Gasteiger partial charge in [-0.05, 0) is 31.9 Å². The largest absolute Gasteiger partial charge is 0.497 e. The molecule has 7 heteroatoms. The maximum absolute atomic E-state index is 12.8. The van der Waals surface area contributed by atoms with E-state index in [4.69, 9.17) is 9.47 Å². The molecule has 0 unspecified atom stereocenters. The van der Waals surface area contributed by atoms with Crippen LogP contribution in [-0.4, -0.2) is 41.2 Å². The second-order valence-corrected chi connectivity index (χ2v) is 6.66. The minimum Gasteiger partial charge on any atom is -0.497 e. The molecule has 0 radical (unpaired) electrons. The lowest BCUT2D eigenvalue weighted by Gasteiger charge is -2.21. The van der Waals surface area contributed by atoms with Gasteiger partial charge in [-0.1, -0.05) is 0 Å². The van der Waals surface area contributed by atoms with E-state index in [1.807, 2.05) is 25.1 Å². The maximum atomic E-state index is 12.8. The molecule has 2 aromatic rings. The number of carbonyl (C=O) groups excluding carboxylic acids is 1. The number of nitrogens with zero attached hydrogens (tertiary/aromatic N) is 3. The highest BCUT2D eigenvalue weighted by atomic mass is 16.5. The van der Waals surface area contributed by atoms with Crippen LogP contribution < -0.4 is 14.8 Å².